The summed E-state index contributed by atoms with van der Waals surface area (Å²) in [7, 11) is -4.25. The first-order chi connectivity index (χ1) is 15.5. The highest BCUT2D eigenvalue weighted by Crippen LogP contribution is 2.33. The molecule has 3 aromatic carbocycles. The summed E-state index contributed by atoms with van der Waals surface area (Å²) in [6, 6.07) is 16.1. The maximum Gasteiger partial charge on any atom is 0.416 e. The molecule has 5 nitrogen and oxygen atoms in total. The molecule has 0 radical (unpaired) electrons. The molecule has 33 heavy (non-hydrogen) atoms. The Hall–Kier alpha value is -3.04. The number of rotatable bonds is 7. The molecule has 3 aromatic rings. The summed E-state index contributed by atoms with van der Waals surface area (Å²) >= 11 is 5.83. The third-order valence-corrected chi connectivity index (χ3v) is 6.87. The van der Waals surface area contributed by atoms with Gasteiger partial charge in [0.1, 0.15) is 0 Å². The number of alkyl halides is 3. The Balaban J connectivity index is 1.89. The van der Waals surface area contributed by atoms with Gasteiger partial charge in [-0.3, -0.25) is 9.10 Å². The Morgan fingerprint density at radius 3 is 2.24 bits per heavy atom. The van der Waals surface area contributed by atoms with E-state index in [4.69, 9.17) is 11.6 Å². The summed E-state index contributed by atoms with van der Waals surface area (Å²) in [5, 5.41) is 2.92. The van der Waals surface area contributed by atoms with Crippen molar-refractivity contribution in [1.29, 1.82) is 0 Å². The fraction of sp³-hybridized carbons (Fsp3) is 0.174. The van der Waals surface area contributed by atoms with Gasteiger partial charge in [-0.05, 0) is 61.5 Å². The number of benzene rings is 3. The smallest absolute Gasteiger partial charge is 0.350 e. The van der Waals surface area contributed by atoms with E-state index >= 15 is 0 Å². The van der Waals surface area contributed by atoms with Crippen LogP contribution in [0.15, 0.2) is 77.7 Å². The molecule has 3 rings (SSSR count). The molecule has 0 saturated carbocycles. The number of carbonyl (C=O) groups excluding carboxylic acids is 1. The molecule has 0 aliphatic carbocycles. The number of hydrogen-bond acceptors (Lipinski definition) is 3. The number of nitrogens with zero attached hydrogens (tertiary/aromatic N) is 1. The molecule has 0 bridgehead atoms. The SMILES string of the molecule is Cc1ccc(C(=O)NCCN(c2cccc(C(F)(F)F)c2)S(=O)(=O)c2ccc(Cl)cc2)cc1. The minimum Gasteiger partial charge on any atom is -0.350 e. The normalized spacial score (nSPS) is 11.8. The van der Waals surface area contributed by atoms with Crippen LogP contribution in [0.4, 0.5) is 18.9 Å². The second-order valence-corrected chi connectivity index (χ2v) is 9.50. The summed E-state index contributed by atoms with van der Waals surface area (Å²) in [6.07, 6.45) is -4.65. The number of halogens is 4. The predicted octanol–water partition coefficient (Wildman–Crippen LogP) is 5.29. The molecule has 0 aliphatic heterocycles. The Labute approximate surface area is 194 Å². The van der Waals surface area contributed by atoms with E-state index in [2.05, 4.69) is 5.32 Å². The molecular weight excluding hydrogens is 477 g/mol. The summed E-state index contributed by atoms with van der Waals surface area (Å²) < 4.78 is 67.1. The lowest BCUT2D eigenvalue weighted by Gasteiger charge is -2.25. The number of aryl methyl sites for hydroxylation is 1. The molecule has 1 N–H and O–H groups in total. The van der Waals surface area contributed by atoms with Gasteiger partial charge in [-0.2, -0.15) is 13.2 Å². The molecule has 0 saturated heterocycles. The van der Waals surface area contributed by atoms with Gasteiger partial charge in [-0.15, -0.1) is 0 Å². The third kappa shape index (κ3) is 6.06. The standard InChI is InChI=1S/C23H20ClF3N2O3S/c1-16-5-7-17(8-6-16)22(30)28-13-14-29(20-4-2-3-18(15-20)23(25,26)27)33(31,32)21-11-9-19(24)10-12-21/h2-12,15H,13-14H2,1H3,(H,28,30). The van der Waals surface area contributed by atoms with Crippen molar-refractivity contribution in [2.45, 2.75) is 18.0 Å². The number of anilines is 1. The summed E-state index contributed by atoms with van der Waals surface area (Å²) in [5.41, 5.74) is 0.187. The van der Waals surface area contributed by atoms with Crippen LogP contribution in [0.3, 0.4) is 0 Å². The Kier molecular flexibility index (Phi) is 7.34. The summed E-state index contributed by atoms with van der Waals surface area (Å²) in [6.45, 7) is 1.45. The van der Waals surface area contributed by atoms with E-state index in [1.807, 2.05) is 6.92 Å². The molecule has 0 spiro atoms. The van der Waals surface area contributed by atoms with Crippen molar-refractivity contribution < 1.29 is 26.4 Å². The van der Waals surface area contributed by atoms with Crippen LogP contribution in [0.25, 0.3) is 0 Å². The molecule has 0 fully saturated rings. The molecular formula is C23H20ClF3N2O3S. The van der Waals surface area contributed by atoms with E-state index in [9.17, 15) is 26.4 Å². The highest BCUT2D eigenvalue weighted by atomic mass is 35.5. The molecule has 0 atom stereocenters. The highest BCUT2D eigenvalue weighted by Gasteiger charge is 2.32. The van der Waals surface area contributed by atoms with Gasteiger partial charge in [0.2, 0.25) is 0 Å². The maximum absolute atomic E-state index is 13.3. The summed E-state index contributed by atoms with van der Waals surface area (Å²) in [5.74, 6) is -0.428. The lowest BCUT2D eigenvalue weighted by atomic mass is 10.1. The zero-order chi connectivity index (χ0) is 24.2. The predicted molar refractivity (Wildman–Crippen MR) is 121 cm³/mol. The van der Waals surface area contributed by atoms with Gasteiger partial charge in [-0.1, -0.05) is 35.4 Å². The minimum absolute atomic E-state index is 0.129. The fourth-order valence-corrected chi connectivity index (χ4v) is 4.62. The van der Waals surface area contributed by atoms with Crippen molar-refractivity contribution in [2.75, 3.05) is 17.4 Å². The van der Waals surface area contributed by atoms with Crippen LogP contribution in [0.5, 0.6) is 0 Å². The Morgan fingerprint density at radius 2 is 1.64 bits per heavy atom. The maximum atomic E-state index is 13.3. The number of carbonyl (C=O) groups is 1. The first kappa shape index (κ1) is 24.6. The van der Waals surface area contributed by atoms with Crippen LogP contribution in [0.2, 0.25) is 5.02 Å². The molecule has 0 unspecified atom stereocenters. The lowest BCUT2D eigenvalue weighted by Crippen LogP contribution is -2.38. The molecule has 0 aliphatic rings. The van der Waals surface area contributed by atoms with Crippen molar-refractivity contribution in [3.05, 3.63) is 94.5 Å². The van der Waals surface area contributed by atoms with Crippen molar-refractivity contribution in [3.8, 4) is 0 Å². The van der Waals surface area contributed by atoms with Gasteiger partial charge in [0, 0.05) is 17.1 Å². The second kappa shape index (κ2) is 9.84. The van der Waals surface area contributed by atoms with Gasteiger partial charge in [0.25, 0.3) is 15.9 Å². The topological polar surface area (TPSA) is 66.5 Å². The Bertz CT molecular complexity index is 1230. The first-order valence-electron chi connectivity index (χ1n) is 9.79. The Morgan fingerprint density at radius 1 is 1.00 bits per heavy atom. The van der Waals surface area contributed by atoms with E-state index in [-0.39, 0.29) is 23.7 Å². The minimum atomic E-state index is -4.65. The van der Waals surface area contributed by atoms with Crippen LogP contribution in [-0.4, -0.2) is 27.4 Å². The van der Waals surface area contributed by atoms with Crippen LogP contribution < -0.4 is 9.62 Å². The monoisotopic (exact) mass is 496 g/mol. The molecule has 174 valence electrons. The van der Waals surface area contributed by atoms with E-state index in [0.29, 0.717) is 10.6 Å². The number of sulfonamides is 1. The van der Waals surface area contributed by atoms with Gasteiger partial charge in [-0.25, -0.2) is 8.42 Å². The zero-order valence-corrected chi connectivity index (χ0v) is 19.0. The van der Waals surface area contributed by atoms with Crippen LogP contribution >= 0.6 is 11.6 Å². The molecule has 10 heteroatoms. The van der Waals surface area contributed by atoms with E-state index in [1.54, 1.807) is 24.3 Å². The number of hydrogen-bond donors (Lipinski definition) is 1. The first-order valence-corrected chi connectivity index (χ1v) is 11.6. The third-order valence-electron chi connectivity index (χ3n) is 4.78. The molecule has 0 heterocycles. The highest BCUT2D eigenvalue weighted by molar-refractivity contribution is 7.92. The molecule has 0 aromatic heterocycles. The largest absolute Gasteiger partial charge is 0.416 e. The zero-order valence-electron chi connectivity index (χ0n) is 17.4. The van der Waals surface area contributed by atoms with Gasteiger partial charge in [0.15, 0.2) is 0 Å². The van der Waals surface area contributed by atoms with Gasteiger partial charge >= 0.3 is 6.18 Å². The van der Waals surface area contributed by atoms with E-state index in [0.717, 1.165) is 28.1 Å². The number of nitrogens with one attached hydrogen (secondary N) is 1. The van der Waals surface area contributed by atoms with Crippen LogP contribution in [0.1, 0.15) is 21.5 Å². The molecule has 1 amide bonds. The van der Waals surface area contributed by atoms with Crippen molar-refractivity contribution in [3.63, 3.8) is 0 Å². The van der Waals surface area contributed by atoms with E-state index < -0.39 is 27.7 Å². The quantitative estimate of drug-likeness (QED) is 0.483. The van der Waals surface area contributed by atoms with Crippen molar-refractivity contribution >= 4 is 33.2 Å². The van der Waals surface area contributed by atoms with Crippen LogP contribution in [0, 0.1) is 6.92 Å². The average Bonchev–Trinajstić information content (AvgIpc) is 2.76. The fourth-order valence-electron chi connectivity index (χ4n) is 3.04. The van der Waals surface area contributed by atoms with Gasteiger partial charge < -0.3 is 5.32 Å². The van der Waals surface area contributed by atoms with Crippen molar-refractivity contribution in [1.82, 2.24) is 5.32 Å². The average molecular weight is 497 g/mol. The lowest BCUT2D eigenvalue weighted by molar-refractivity contribution is -0.137. The van der Waals surface area contributed by atoms with E-state index in [1.165, 1.54) is 30.3 Å². The number of amides is 1. The van der Waals surface area contributed by atoms with Crippen LogP contribution in [-0.2, 0) is 16.2 Å². The van der Waals surface area contributed by atoms with Crippen molar-refractivity contribution in [2.24, 2.45) is 0 Å². The second-order valence-electron chi connectivity index (χ2n) is 7.20. The van der Waals surface area contributed by atoms with Gasteiger partial charge in [0.05, 0.1) is 22.7 Å². The summed E-state index contributed by atoms with van der Waals surface area (Å²) in [4.78, 5) is 12.2.